The van der Waals surface area contributed by atoms with E-state index in [0.29, 0.717) is 24.4 Å². The maximum absolute atomic E-state index is 12.8. The van der Waals surface area contributed by atoms with Gasteiger partial charge in [-0.3, -0.25) is 9.59 Å². The van der Waals surface area contributed by atoms with Crippen LogP contribution in [0.2, 0.25) is 0 Å². The largest absolute Gasteiger partial charge is 0.361 e. The van der Waals surface area contributed by atoms with Gasteiger partial charge in [-0.1, -0.05) is 35.5 Å². The van der Waals surface area contributed by atoms with Gasteiger partial charge in [-0.05, 0) is 43.0 Å². The normalized spacial score (nSPS) is 13.1. The Kier molecular flexibility index (Phi) is 5.60. The molecule has 0 bridgehead atoms. The predicted octanol–water partition coefficient (Wildman–Crippen LogP) is 4.66. The van der Waals surface area contributed by atoms with Gasteiger partial charge in [0.1, 0.15) is 11.6 Å². The van der Waals surface area contributed by atoms with Crippen molar-refractivity contribution < 1.29 is 14.1 Å². The van der Waals surface area contributed by atoms with Crippen LogP contribution < -0.4 is 5.32 Å². The summed E-state index contributed by atoms with van der Waals surface area (Å²) in [5.41, 5.74) is 6.48. The molecule has 7 nitrogen and oxygen atoms in total. The Hall–Kier alpha value is -4.00. The highest BCUT2D eigenvalue weighted by molar-refractivity contribution is 6.01. The third-order valence-corrected chi connectivity index (χ3v) is 5.84. The minimum atomic E-state index is -0.235. The number of fused-ring (bicyclic) bond motifs is 1. The minimum Gasteiger partial charge on any atom is -0.361 e. The summed E-state index contributed by atoms with van der Waals surface area (Å²) >= 11 is 0. The van der Waals surface area contributed by atoms with E-state index in [0.717, 1.165) is 52.2 Å². The second-order valence-corrected chi connectivity index (χ2v) is 8.36. The molecule has 2 N–H and O–H groups in total. The lowest BCUT2D eigenvalue weighted by Crippen LogP contribution is -2.15. The number of aryl methyl sites for hydroxylation is 2. The number of ketones is 1. The van der Waals surface area contributed by atoms with Crippen molar-refractivity contribution in [3.63, 3.8) is 0 Å². The van der Waals surface area contributed by atoms with E-state index in [9.17, 15) is 9.59 Å². The molecule has 3 heterocycles. The van der Waals surface area contributed by atoms with Crippen LogP contribution in [0.4, 0.5) is 5.82 Å². The number of nitrogens with one attached hydrogen (secondary N) is 2. The molecule has 1 amide bonds. The first-order valence-corrected chi connectivity index (χ1v) is 11.1. The molecule has 7 heteroatoms. The molecule has 1 aliphatic rings. The third kappa shape index (κ3) is 4.48. The lowest BCUT2D eigenvalue weighted by Gasteiger charge is -2.12. The Labute approximate surface area is 191 Å². The number of aromatic amines is 1. The van der Waals surface area contributed by atoms with Crippen LogP contribution in [-0.2, 0) is 24.1 Å². The molecule has 0 saturated carbocycles. The summed E-state index contributed by atoms with van der Waals surface area (Å²) in [7, 11) is 0. The molecule has 4 aromatic rings. The SMILES string of the molecule is Cc1cc(CC(=O)Nc2cc(-c3[nH]c4c(c3Cc3ccccc3)C(=O)CCC4)ccn2)on1. The summed E-state index contributed by atoms with van der Waals surface area (Å²) in [6.07, 6.45) is 4.69. The van der Waals surface area contributed by atoms with Gasteiger partial charge >= 0.3 is 0 Å². The fraction of sp³-hybridized carbons (Fsp3) is 0.231. The van der Waals surface area contributed by atoms with Crippen molar-refractivity contribution in [1.82, 2.24) is 15.1 Å². The summed E-state index contributed by atoms with van der Waals surface area (Å²) in [5.74, 6) is 0.899. The van der Waals surface area contributed by atoms with E-state index in [1.165, 1.54) is 0 Å². The van der Waals surface area contributed by atoms with Gasteiger partial charge in [0.15, 0.2) is 5.78 Å². The Morgan fingerprint density at radius 2 is 2.00 bits per heavy atom. The minimum absolute atomic E-state index is 0.0807. The van der Waals surface area contributed by atoms with Gasteiger partial charge in [0, 0.05) is 41.9 Å². The van der Waals surface area contributed by atoms with Crippen LogP contribution >= 0.6 is 0 Å². The summed E-state index contributed by atoms with van der Waals surface area (Å²) in [6.45, 7) is 1.81. The zero-order chi connectivity index (χ0) is 22.8. The van der Waals surface area contributed by atoms with Crippen LogP contribution in [-0.4, -0.2) is 26.8 Å². The zero-order valence-electron chi connectivity index (χ0n) is 18.4. The number of hydrogen-bond acceptors (Lipinski definition) is 5. The molecular formula is C26H24N4O3. The fourth-order valence-electron chi connectivity index (χ4n) is 4.39. The zero-order valence-corrected chi connectivity index (χ0v) is 18.4. The molecule has 0 spiro atoms. The molecular weight excluding hydrogens is 416 g/mol. The van der Waals surface area contributed by atoms with Gasteiger partial charge in [-0.15, -0.1) is 0 Å². The molecule has 0 atom stereocenters. The Balaban J connectivity index is 1.46. The highest BCUT2D eigenvalue weighted by Gasteiger charge is 2.26. The third-order valence-electron chi connectivity index (χ3n) is 5.84. The highest BCUT2D eigenvalue weighted by Crippen LogP contribution is 2.35. The van der Waals surface area contributed by atoms with E-state index >= 15 is 0 Å². The van der Waals surface area contributed by atoms with Gasteiger partial charge in [0.05, 0.1) is 17.8 Å². The molecule has 0 radical (unpaired) electrons. The van der Waals surface area contributed by atoms with Gasteiger partial charge in [-0.25, -0.2) is 4.98 Å². The number of hydrogen-bond donors (Lipinski definition) is 2. The van der Waals surface area contributed by atoms with Gasteiger partial charge in [0.25, 0.3) is 0 Å². The number of carbonyl (C=O) groups excluding carboxylic acids is 2. The van der Waals surface area contributed by atoms with E-state index in [1.807, 2.05) is 37.3 Å². The molecule has 0 unspecified atom stereocenters. The number of carbonyl (C=O) groups is 2. The average Bonchev–Trinajstić information content (AvgIpc) is 3.38. The Morgan fingerprint density at radius 3 is 2.79 bits per heavy atom. The van der Waals surface area contributed by atoms with Crippen molar-refractivity contribution in [3.8, 4) is 11.3 Å². The first-order valence-electron chi connectivity index (χ1n) is 11.1. The lowest BCUT2D eigenvalue weighted by molar-refractivity contribution is -0.115. The number of benzene rings is 1. The number of Topliss-reactive ketones (excluding diaryl/α,β-unsaturated/α-hetero) is 1. The summed E-state index contributed by atoms with van der Waals surface area (Å²) in [4.78, 5) is 33.1. The van der Waals surface area contributed by atoms with Gasteiger partial charge in [0.2, 0.25) is 5.91 Å². The molecule has 0 fully saturated rings. The molecule has 166 valence electrons. The number of amides is 1. The number of nitrogens with zero attached hydrogens (tertiary/aromatic N) is 2. The molecule has 5 rings (SSSR count). The number of anilines is 1. The van der Waals surface area contributed by atoms with Gasteiger partial charge < -0.3 is 14.8 Å². The Bertz CT molecular complexity index is 1320. The molecule has 33 heavy (non-hydrogen) atoms. The van der Waals surface area contributed by atoms with Crippen molar-refractivity contribution in [2.75, 3.05) is 5.32 Å². The van der Waals surface area contributed by atoms with Crippen LogP contribution in [0.5, 0.6) is 0 Å². The van der Waals surface area contributed by atoms with E-state index in [1.54, 1.807) is 12.3 Å². The van der Waals surface area contributed by atoms with Crippen LogP contribution in [0.1, 0.15) is 51.5 Å². The van der Waals surface area contributed by atoms with Crippen molar-refractivity contribution in [2.24, 2.45) is 0 Å². The first-order chi connectivity index (χ1) is 16.1. The number of rotatable bonds is 6. The second-order valence-electron chi connectivity index (χ2n) is 8.36. The maximum Gasteiger partial charge on any atom is 0.233 e. The van der Waals surface area contributed by atoms with Crippen LogP contribution in [0.3, 0.4) is 0 Å². The van der Waals surface area contributed by atoms with Crippen LogP contribution in [0.15, 0.2) is 59.3 Å². The Morgan fingerprint density at radius 1 is 1.15 bits per heavy atom. The molecule has 0 aliphatic heterocycles. The van der Waals surface area contributed by atoms with E-state index < -0.39 is 0 Å². The number of pyridine rings is 1. The van der Waals surface area contributed by atoms with Crippen LogP contribution in [0.25, 0.3) is 11.3 Å². The lowest BCUT2D eigenvalue weighted by atomic mass is 9.90. The maximum atomic E-state index is 12.8. The second kappa shape index (κ2) is 8.86. The van der Waals surface area contributed by atoms with Crippen LogP contribution in [0, 0.1) is 6.92 Å². The standard InChI is InChI=1S/C26H24N4O3/c1-16-12-19(33-30-16)15-24(32)29-23-14-18(10-11-27-23)26-20(13-17-6-3-2-4-7-17)25-21(28-26)8-5-9-22(25)31/h2-4,6-7,10-12,14,28H,5,8-9,13,15H2,1H3,(H,27,29,32). The summed E-state index contributed by atoms with van der Waals surface area (Å²) in [5, 5.41) is 6.64. The summed E-state index contributed by atoms with van der Waals surface area (Å²) in [6, 6.07) is 15.6. The number of aromatic nitrogens is 3. The smallest absolute Gasteiger partial charge is 0.233 e. The topological polar surface area (TPSA) is 101 Å². The highest BCUT2D eigenvalue weighted by atomic mass is 16.5. The fourth-order valence-corrected chi connectivity index (χ4v) is 4.39. The molecule has 3 aromatic heterocycles. The van der Waals surface area contributed by atoms with E-state index in [4.69, 9.17) is 4.52 Å². The average molecular weight is 441 g/mol. The van der Waals surface area contributed by atoms with Crippen molar-refractivity contribution in [1.29, 1.82) is 0 Å². The number of H-pyrrole nitrogens is 1. The first kappa shape index (κ1) is 20.9. The molecule has 1 aliphatic carbocycles. The monoisotopic (exact) mass is 440 g/mol. The van der Waals surface area contributed by atoms with Gasteiger partial charge in [-0.2, -0.15) is 0 Å². The van der Waals surface area contributed by atoms with Crippen molar-refractivity contribution in [3.05, 3.63) is 88.6 Å². The predicted molar refractivity (Wildman–Crippen MR) is 124 cm³/mol. The summed E-state index contributed by atoms with van der Waals surface area (Å²) < 4.78 is 5.13. The molecule has 1 aromatic carbocycles. The van der Waals surface area contributed by atoms with Crippen molar-refractivity contribution in [2.45, 2.75) is 39.0 Å². The van der Waals surface area contributed by atoms with E-state index in [2.05, 4.69) is 32.6 Å². The van der Waals surface area contributed by atoms with E-state index in [-0.39, 0.29) is 18.1 Å². The van der Waals surface area contributed by atoms with Crippen molar-refractivity contribution >= 4 is 17.5 Å². The molecule has 0 saturated heterocycles. The quantitative estimate of drug-likeness (QED) is 0.454.